The maximum atomic E-state index is 11.0. The van der Waals surface area contributed by atoms with Crippen LogP contribution in [0.15, 0.2) is 29.2 Å². The number of carbonyl (C=O) groups excluding carboxylic acids is 1. The van der Waals surface area contributed by atoms with Crippen LogP contribution in [0.5, 0.6) is 0 Å². The number of hydrogen-bond donors (Lipinski definition) is 2. The zero-order valence-corrected chi connectivity index (χ0v) is 9.29. The Morgan fingerprint density at radius 1 is 1.44 bits per heavy atom. The molecule has 0 aliphatic carbocycles. The first kappa shape index (κ1) is 11.0. The fourth-order valence-electron chi connectivity index (χ4n) is 1.57. The molecule has 0 spiro atoms. The minimum absolute atomic E-state index is 0.00648. The number of carboxylic acid groups (broad SMARTS) is 1. The van der Waals surface area contributed by atoms with Gasteiger partial charge in [-0.2, -0.15) is 0 Å². The minimum Gasteiger partial charge on any atom is -0.478 e. The van der Waals surface area contributed by atoms with Gasteiger partial charge in [0.15, 0.2) is 0 Å². The molecule has 1 heterocycles. The van der Waals surface area contributed by atoms with Crippen molar-refractivity contribution in [2.45, 2.75) is 23.1 Å². The molecule has 1 atom stereocenters. The van der Waals surface area contributed by atoms with E-state index in [2.05, 4.69) is 5.32 Å². The molecule has 1 fully saturated rings. The smallest absolute Gasteiger partial charge is 0.336 e. The average Bonchev–Trinajstić information content (AvgIpc) is 2.64. The molecule has 0 radical (unpaired) electrons. The molecular formula is C11H11NO3S. The van der Waals surface area contributed by atoms with Gasteiger partial charge >= 0.3 is 5.97 Å². The molecule has 5 heteroatoms. The summed E-state index contributed by atoms with van der Waals surface area (Å²) < 4.78 is 0. The minimum atomic E-state index is -0.938. The molecule has 0 aromatic heterocycles. The van der Waals surface area contributed by atoms with Crippen LogP contribution in [0.1, 0.15) is 23.2 Å². The van der Waals surface area contributed by atoms with Crippen molar-refractivity contribution in [2.24, 2.45) is 0 Å². The number of nitrogens with one attached hydrogen (secondary N) is 1. The Balaban J connectivity index is 2.14. The molecular weight excluding hydrogens is 226 g/mol. The third-order valence-corrected chi connectivity index (χ3v) is 3.59. The fourth-order valence-corrected chi connectivity index (χ4v) is 2.75. The largest absolute Gasteiger partial charge is 0.478 e. The van der Waals surface area contributed by atoms with E-state index in [0.717, 1.165) is 6.42 Å². The van der Waals surface area contributed by atoms with Crippen LogP contribution in [0, 0.1) is 0 Å². The first-order valence-electron chi connectivity index (χ1n) is 4.95. The number of amides is 1. The molecule has 4 nitrogen and oxygen atoms in total. The van der Waals surface area contributed by atoms with Crippen molar-refractivity contribution < 1.29 is 14.7 Å². The van der Waals surface area contributed by atoms with E-state index in [4.69, 9.17) is 5.11 Å². The Hall–Kier alpha value is -1.49. The molecule has 16 heavy (non-hydrogen) atoms. The third-order valence-electron chi connectivity index (χ3n) is 2.34. The molecule has 1 aliphatic heterocycles. The lowest BCUT2D eigenvalue weighted by Gasteiger charge is -2.11. The van der Waals surface area contributed by atoms with Gasteiger partial charge in [-0.3, -0.25) is 4.79 Å². The summed E-state index contributed by atoms with van der Waals surface area (Å²) in [6.45, 7) is 0. The highest BCUT2D eigenvalue weighted by atomic mass is 32.2. The summed E-state index contributed by atoms with van der Waals surface area (Å²) in [5, 5.41) is 11.8. The van der Waals surface area contributed by atoms with E-state index in [1.54, 1.807) is 24.3 Å². The number of carboxylic acids is 1. The van der Waals surface area contributed by atoms with E-state index < -0.39 is 5.97 Å². The SMILES string of the molecule is O=C1CC[C@@H](Sc2ccccc2C(=O)O)N1. The van der Waals surface area contributed by atoms with Gasteiger partial charge < -0.3 is 10.4 Å². The summed E-state index contributed by atoms with van der Waals surface area (Å²) in [7, 11) is 0. The Labute approximate surface area is 97.0 Å². The number of thioether (sulfide) groups is 1. The molecule has 0 bridgehead atoms. The third kappa shape index (κ3) is 2.36. The van der Waals surface area contributed by atoms with Crippen LogP contribution in [-0.4, -0.2) is 22.4 Å². The number of rotatable bonds is 3. The second kappa shape index (κ2) is 4.57. The van der Waals surface area contributed by atoms with Crippen LogP contribution in [-0.2, 0) is 4.79 Å². The van der Waals surface area contributed by atoms with E-state index in [0.29, 0.717) is 11.3 Å². The topological polar surface area (TPSA) is 66.4 Å². The lowest BCUT2D eigenvalue weighted by Crippen LogP contribution is -2.22. The van der Waals surface area contributed by atoms with Crippen LogP contribution in [0.4, 0.5) is 0 Å². The second-order valence-corrected chi connectivity index (χ2v) is 4.76. The van der Waals surface area contributed by atoms with Crippen molar-refractivity contribution in [3.8, 4) is 0 Å². The zero-order valence-electron chi connectivity index (χ0n) is 8.47. The molecule has 1 aromatic carbocycles. The van der Waals surface area contributed by atoms with Gasteiger partial charge in [-0.25, -0.2) is 4.79 Å². The summed E-state index contributed by atoms with van der Waals surface area (Å²) in [5.41, 5.74) is 0.286. The maximum absolute atomic E-state index is 11.0. The van der Waals surface area contributed by atoms with Crippen LogP contribution in [0.25, 0.3) is 0 Å². The summed E-state index contributed by atoms with van der Waals surface area (Å²) in [4.78, 5) is 22.7. The van der Waals surface area contributed by atoms with Gasteiger partial charge in [0.2, 0.25) is 5.91 Å². The van der Waals surface area contributed by atoms with Gasteiger partial charge in [0.05, 0.1) is 10.9 Å². The highest BCUT2D eigenvalue weighted by molar-refractivity contribution is 8.00. The molecule has 2 N–H and O–H groups in total. The van der Waals surface area contributed by atoms with Crippen LogP contribution >= 0.6 is 11.8 Å². The monoisotopic (exact) mass is 237 g/mol. The summed E-state index contributed by atoms with van der Waals surface area (Å²) in [6, 6.07) is 6.83. The molecule has 1 saturated heterocycles. The highest BCUT2D eigenvalue weighted by Gasteiger charge is 2.23. The molecule has 1 aliphatic rings. The summed E-state index contributed by atoms with van der Waals surface area (Å²) in [6.07, 6.45) is 1.27. The van der Waals surface area contributed by atoms with Gasteiger partial charge in [-0.1, -0.05) is 12.1 Å². The normalized spacial score (nSPS) is 19.5. The van der Waals surface area contributed by atoms with E-state index >= 15 is 0 Å². The fraction of sp³-hybridized carbons (Fsp3) is 0.273. The molecule has 0 unspecified atom stereocenters. The van der Waals surface area contributed by atoms with Crippen LogP contribution in [0.3, 0.4) is 0 Å². The summed E-state index contributed by atoms with van der Waals surface area (Å²) >= 11 is 1.40. The predicted octanol–water partition coefficient (Wildman–Crippen LogP) is 1.71. The molecule has 2 rings (SSSR count). The van der Waals surface area contributed by atoms with E-state index in [1.165, 1.54) is 11.8 Å². The van der Waals surface area contributed by atoms with Crippen molar-refractivity contribution >= 4 is 23.6 Å². The Kier molecular flexibility index (Phi) is 3.14. The number of carbonyl (C=O) groups is 2. The van der Waals surface area contributed by atoms with Crippen molar-refractivity contribution in [1.82, 2.24) is 5.32 Å². The van der Waals surface area contributed by atoms with Crippen molar-refractivity contribution in [3.05, 3.63) is 29.8 Å². The van der Waals surface area contributed by atoms with Crippen molar-refractivity contribution in [2.75, 3.05) is 0 Å². The van der Waals surface area contributed by atoms with Gasteiger partial charge in [0.25, 0.3) is 0 Å². The van der Waals surface area contributed by atoms with E-state index in [1.807, 2.05) is 0 Å². The number of benzene rings is 1. The van der Waals surface area contributed by atoms with E-state index in [9.17, 15) is 9.59 Å². The second-order valence-electron chi connectivity index (χ2n) is 3.51. The maximum Gasteiger partial charge on any atom is 0.336 e. The first-order chi connectivity index (χ1) is 7.66. The van der Waals surface area contributed by atoms with Crippen molar-refractivity contribution in [1.29, 1.82) is 0 Å². The molecule has 1 aromatic rings. The Morgan fingerprint density at radius 3 is 2.81 bits per heavy atom. The number of aromatic carboxylic acids is 1. The molecule has 1 amide bonds. The van der Waals surface area contributed by atoms with Gasteiger partial charge in [0, 0.05) is 11.3 Å². The average molecular weight is 237 g/mol. The van der Waals surface area contributed by atoms with E-state index in [-0.39, 0.29) is 16.8 Å². The number of hydrogen-bond acceptors (Lipinski definition) is 3. The predicted molar refractivity (Wildman–Crippen MR) is 60.4 cm³/mol. The van der Waals surface area contributed by atoms with Crippen molar-refractivity contribution in [3.63, 3.8) is 0 Å². The lowest BCUT2D eigenvalue weighted by atomic mass is 10.2. The highest BCUT2D eigenvalue weighted by Crippen LogP contribution is 2.30. The lowest BCUT2D eigenvalue weighted by molar-refractivity contribution is -0.119. The van der Waals surface area contributed by atoms with Crippen LogP contribution in [0.2, 0.25) is 0 Å². The quantitative estimate of drug-likeness (QED) is 0.840. The Morgan fingerprint density at radius 2 is 2.19 bits per heavy atom. The van der Waals surface area contributed by atoms with Gasteiger partial charge in [0.1, 0.15) is 0 Å². The summed E-state index contributed by atoms with van der Waals surface area (Å²) in [5.74, 6) is -0.905. The molecule has 84 valence electrons. The van der Waals surface area contributed by atoms with Crippen LogP contribution < -0.4 is 5.32 Å². The van der Waals surface area contributed by atoms with Gasteiger partial charge in [-0.15, -0.1) is 11.8 Å². The zero-order chi connectivity index (χ0) is 11.5. The molecule has 0 saturated carbocycles. The first-order valence-corrected chi connectivity index (χ1v) is 5.83. The van der Waals surface area contributed by atoms with Gasteiger partial charge in [-0.05, 0) is 18.6 Å². The standard InChI is InChI=1S/C11H11NO3S/c13-9-5-6-10(12-9)16-8-4-2-1-3-7(8)11(14)15/h1-4,10H,5-6H2,(H,12,13)(H,14,15)/t10-/m1/s1. The Bertz CT molecular complexity index is 433.